The van der Waals surface area contributed by atoms with Gasteiger partial charge in [-0.25, -0.2) is 5.84 Å². The zero-order valence-electron chi connectivity index (χ0n) is 9.16. The van der Waals surface area contributed by atoms with E-state index in [0.717, 1.165) is 32.1 Å². The molecule has 1 heterocycles. The second-order valence-electron chi connectivity index (χ2n) is 3.47. The van der Waals surface area contributed by atoms with E-state index in [4.69, 9.17) is 5.84 Å². The van der Waals surface area contributed by atoms with Crippen LogP contribution in [-0.4, -0.2) is 55.5 Å². The second kappa shape index (κ2) is 5.82. The van der Waals surface area contributed by atoms with Crippen LogP contribution in [0.2, 0.25) is 0 Å². The molecule has 0 atom stereocenters. The van der Waals surface area contributed by atoms with Crippen LogP contribution in [0, 0.1) is 0 Å². The molecule has 0 radical (unpaired) electrons. The molecular weight excluding hydrogens is 178 g/mol. The predicted molar refractivity (Wildman–Crippen MR) is 59.0 cm³/mol. The molecule has 0 spiro atoms. The van der Waals surface area contributed by atoms with Crippen molar-refractivity contribution in [3.8, 4) is 0 Å². The predicted octanol–water partition coefficient (Wildman–Crippen LogP) is -0.537. The fraction of sp³-hybridized carbons (Fsp3) is 0.889. The Balaban J connectivity index is 2.48. The second-order valence-corrected chi connectivity index (χ2v) is 3.47. The average molecular weight is 199 g/mol. The summed E-state index contributed by atoms with van der Waals surface area (Å²) in [7, 11) is 1.76. The molecule has 1 rings (SSSR count). The number of nitrogens with zero attached hydrogens (tertiary/aromatic N) is 3. The van der Waals surface area contributed by atoms with E-state index in [1.54, 1.807) is 7.05 Å². The van der Waals surface area contributed by atoms with Crippen molar-refractivity contribution in [2.75, 3.05) is 39.8 Å². The van der Waals surface area contributed by atoms with Gasteiger partial charge in [-0.2, -0.15) is 0 Å². The molecule has 82 valence electrons. The van der Waals surface area contributed by atoms with E-state index < -0.39 is 0 Å². The Hall–Kier alpha value is -0.810. The summed E-state index contributed by atoms with van der Waals surface area (Å²) in [5.41, 5.74) is 2.64. The van der Waals surface area contributed by atoms with Gasteiger partial charge in [0.25, 0.3) is 0 Å². The van der Waals surface area contributed by atoms with Gasteiger partial charge in [0.05, 0.1) is 0 Å². The molecule has 0 unspecified atom stereocenters. The van der Waals surface area contributed by atoms with Crippen LogP contribution in [0.25, 0.3) is 0 Å². The zero-order valence-corrected chi connectivity index (χ0v) is 9.16. The Labute approximate surface area is 85.9 Å². The number of nitrogens with one attached hydrogen (secondary N) is 1. The zero-order chi connectivity index (χ0) is 10.4. The molecule has 0 aromatic rings. The monoisotopic (exact) mass is 199 g/mol. The molecule has 0 aliphatic carbocycles. The number of aliphatic imine (C=N–C) groups is 1. The smallest absolute Gasteiger partial charge is 0.208 e. The molecule has 3 N–H and O–H groups in total. The minimum absolute atomic E-state index is 0.794. The van der Waals surface area contributed by atoms with Crippen molar-refractivity contribution < 1.29 is 0 Å². The van der Waals surface area contributed by atoms with Crippen molar-refractivity contribution >= 4 is 5.96 Å². The topological polar surface area (TPSA) is 56.9 Å². The molecule has 5 heteroatoms. The van der Waals surface area contributed by atoms with Crippen molar-refractivity contribution in [2.24, 2.45) is 10.8 Å². The van der Waals surface area contributed by atoms with Crippen LogP contribution in [0.15, 0.2) is 4.99 Å². The molecular formula is C9H21N5. The van der Waals surface area contributed by atoms with E-state index in [1.807, 2.05) is 0 Å². The van der Waals surface area contributed by atoms with E-state index >= 15 is 0 Å². The summed E-state index contributed by atoms with van der Waals surface area (Å²) < 4.78 is 0. The van der Waals surface area contributed by atoms with Gasteiger partial charge < -0.3 is 9.80 Å². The molecule has 1 aliphatic rings. The van der Waals surface area contributed by atoms with Crippen LogP contribution in [0.3, 0.4) is 0 Å². The van der Waals surface area contributed by atoms with Gasteiger partial charge in [-0.3, -0.25) is 10.4 Å². The third-order valence-electron chi connectivity index (χ3n) is 2.68. The molecule has 5 nitrogen and oxygen atoms in total. The molecule has 0 amide bonds. The van der Waals surface area contributed by atoms with Gasteiger partial charge in [0.1, 0.15) is 0 Å². The normalized spacial score (nSPS) is 20.8. The maximum absolute atomic E-state index is 5.40. The van der Waals surface area contributed by atoms with E-state index in [9.17, 15) is 0 Å². The number of hydrogen-bond donors (Lipinski definition) is 2. The van der Waals surface area contributed by atoms with Crippen LogP contribution in [0.5, 0.6) is 0 Å². The SMILES string of the molecule is CCN1CCCN(C(=NC)NN)CC1. The Bertz CT molecular complexity index is 192. The maximum Gasteiger partial charge on any atom is 0.208 e. The van der Waals surface area contributed by atoms with E-state index in [2.05, 4.69) is 27.1 Å². The number of likely N-dealkylation sites (N-methyl/N-ethyl adjacent to an activating group) is 1. The van der Waals surface area contributed by atoms with Crippen molar-refractivity contribution in [1.29, 1.82) is 0 Å². The highest BCUT2D eigenvalue weighted by atomic mass is 15.4. The lowest BCUT2D eigenvalue weighted by Crippen LogP contribution is -2.46. The van der Waals surface area contributed by atoms with Gasteiger partial charge in [0, 0.05) is 26.7 Å². The number of nitrogens with two attached hydrogens (primary N) is 1. The lowest BCUT2D eigenvalue weighted by Gasteiger charge is -2.23. The standard InChI is InChI=1S/C9H21N5/c1-3-13-5-4-6-14(8-7-13)9(11-2)12-10/h3-8,10H2,1-2H3,(H,11,12). The van der Waals surface area contributed by atoms with Crippen molar-refractivity contribution in [1.82, 2.24) is 15.2 Å². The van der Waals surface area contributed by atoms with Crippen molar-refractivity contribution in [2.45, 2.75) is 13.3 Å². The minimum Gasteiger partial charge on any atom is -0.341 e. The van der Waals surface area contributed by atoms with Gasteiger partial charge in [-0.15, -0.1) is 0 Å². The number of rotatable bonds is 1. The van der Waals surface area contributed by atoms with Crippen molar-refractivity contribution in [3.05, 3.63) is 0 Å². The first-order valence-electron chi connectivity index (χ1n) is 5.22. The molecule has 14 heavy (non-hydrogen) atoms. The third kappa shape index (κ3) is 2.85. The van der Waals surface area contributed by atoms with Crippen LogP contribution in [-0.2, 0) is 0 Å². The highest BCUT2D eigenvalue weighted by Crippen LogP contribution is 2.02. The van der Waals surface area contributed by atoms with Crippen LogP contribution in [0.1, 0.15) is 13.3 Å². The molecule has 0 saturated carbocycles. The number of hydrazine groups is 1. The van der Waals surface area contributed by atoms with Gasteiger partial charge in [-0.1, -0.05) is 6.92 Å². The quantitative estimate of drug-likeness (QED) is 0.258. The fourth-order valence-electron chi connectivity index (χ4n) is 1.80. The van der Waals surface area contributed by atoms with Crippen LogP contribution >= 0.6 is 0 Å². The highest BCUT2D eigenvalue weighted by molar-refractivity contribution is 5.79. The lowest BCUT2D eigenvalue weighted by atomic mass is 10.4. The summed E-state index contributed by atoms with van der Waals surface area (Å²) in [6, 6.07) is 0. The molecule has 0 aromatic heterocycles. The van der Waals surface area contributed by atoms with Gasteiger partial charge in [0.2, 0.25) is 5.96 Å². The highest BCUT2D eigenvalue weighted by Gasteiger charge is 2.15. The van der Waals surface area contributed by atoms with Gasteiger partial charge in [0.15, 0.2) is 0 Å². The molecule has 0 bridgehead atoms. The first-order chi connectivity index (χ1) is 6.81. The fourth-order valence-corrected chi connectivity index (χ4v) is 1.80. The Morgan fingerprint density at radius 1 is 1.36 bits per heavy atom. The van der Waals surface area contributed by atoms with Crippen LogP contribution < -0.4 is 11.3 Å². The molecule has 1 aliphatic heterocycles. The largest absolute Gasteiger partial charge is 0.341 e. The first kappa shape index (κ1) is 11.3. The number of hydrogen-bond acceptors (Lipinski definition) is 3. The Morgan fingerprint density at radius 2 is 2.14 bits per heavy atom. The number of guanidine groups is 1. The van der Waals surface area contributed by atoms with Crippen LogP contribution in [0.4, 0.5) is 0 Å². The average Bonchev–Trinajstić information content (AvgIpc) is 2.45. The summed E-state index contributed by atoms with van der Waals surface area (Å²) >= 11 is 0. The van der Waals surface area contributed by atoms with Gasteiger partial charge in [-0.05, 0) is 19.5 Å². The summed E-state index contributed by atoms with van der Waals surface area (Å²) in [6.45, 7) is 7.64. The lowest BCUT2D eigenvalue weighted by molar-refractivity contribution is 0.300. The van der Waals surface area contributed by atoms with E-state index in [1.165, 1.54) is 13.0 Å². The summed E-state index contributed by atoms with van der Waals surface area (Å²) in [6.07, 6.45) is 1.18. The maximum atomic E-state index is 5.40. The summed E-state index contributed by atoms with van der Waals surface area (Å²) in [4.78, 5) is 8.76. The Kier molecular flexibility index (Phi) is 4.69. The van der Waals surface area contributed by atoms with Crippen molar-refractivity contribution in [3.63, 3.8) is 0 Å². The van der Waals surface area contributed by atoms with E-state index in [-0.39, 0.29) is 0 Å². The first-order valence-corrected chi connectivity index (χ1v) is 5.22. The Morgan fingerprint density at radius 3 is 2.71 bits per heavy atom. The molecule has 0 aromatic carbocycles. The minimum atomic E-state index is 0.794. The molecule has 1 saturated heterocycles. The molecule has 1 fully saturated rings. The third-order valence-corrected chi connectivity index (χ3v) is 2.68. The summed E-state index contributed by atoms with van der Waals surface area (Å²) in [5, 5.41) is 0. The van der Waals surface area contributed by atoms with Gasteiger partial charge >= 0.3 is 0 Å². The van der Waals surface area contributed by atoms with E-state index in [0.29, 0.717) is 0 Å². The summed E-state index contributed by atoms with van der Waals surface area (Å²) in [5.74, 6) is 6.19.